The molecule has 0 spiro atoms. The molecule has 2 heterocycles. The Balaban J connectivity index is 1.21. The summed E-state index contributed by atoms with van der Waals surface area (Å²) >= 11 is 5.79. The van der Waals surface area contributed by atoms with E-state index in [1.165, 1.54) is 11.1 Å². The molecule has 0 unspecified atom stereocenters. The van der Waals surface area contributed by atoms with Crippen molar-refractivity contribution < 1.29 is 4.79 Å². The van der Waals surface area contributed by atoms with Gasteiger partial charge in [0.25, 0.3) is 0 Å². The van der Waals surface area contributed by atoms with Gasteiger partial charge in [0.1, 0.15) is 5.15 Å². The Labute approximate surface area is 188 Å². The monoisotopic (exact) mass is 434 g/mol. The minimum atomic E-state index is -0.0635. The number of aromatic nitrogens is 1. The van der Waals surface area contributed by atoms with Crippen molar-refractivity contribution in [3.05, 3.63) is 94.8 Å². The number of nitrogens with zero attached hydrogens (tertiary/aromatic N) is 3. The zero-order valence-electron chi connectivity index (χ0n) is 17.5. The van der Waals surface area contributed by atoms with Crippen molar-refractivity contribution in [1.82, 2.24) is 14.8 Å². The van der Waals surface area contributed by atoms with Gasteiger partial charge < -0.3 is 5.32 Å². The molecule has 2 aromatic carbocycles. The highest BCUT2D eigenvalue weighted by atomic mass is 35.5. The van der Waals surface area contributed by atoms with Crippen molar-refractivity contribution in [2.75, 3.05) is 31.5 Å². The maximum absolute atomic E-state index is 12.2. The Morgan fingerprint density at radius 2 is 1.39 bits per heavy atom. The Hall–Kier alpha value is -2.73. The molecule has 1 aliphatic heterocycles. The van der Waals surface area contributed by atoms with Crippen LogP contribution in [0.2, 0.25) is 5.15 Å². The van der Waals surface area contributed by atoms with Crippen LogP contribution >= 0.6 is 11.6 Å². The predicted molar refractivity (Wildman–Crippen MR) is 125 cm³/mol. The molecule has 0 aliphatic carbocycles. The molecule has 0 atom stereocenters. The van der Waals surface area contributed by atoms with Crippen molar-refractivity contribution in [3.63, 3.8) is 0 Å². The second-order valence-electron chi connectivity index (χ2n) is 7.95. The number of benzene rings is 2. The molecule has 1 fully saturated rings. The lowest BCUT2D eigenvalue weighted by Gasteiger charge is -2.34. The van der Waals surface area contributed by atoms with Crippen molar-refractivity contribution >= 4 is 23.2 Å². The van der Waals surface area contributed by atoms with Gasteiger partial charge in [-0.2, -0.15) is 0 Å². The number of carbonyl (C=O) groups excluding carboxylic acids is 1. The van der Waals surface area contributed by atoms with E-state index >= 15 is 0 Å². The quantitative estimate of drug-likeness (QED) is 0.565. The average Bonchev–Trinajstić information content (AvgIpc) is 2.79. The molecule has 1 aromatic heterocycles. The second kappa shape index (κ2) is 10.5. The van der Waals surface area contributed by atoms with E-state index in [0.29, 0.717) is 5.15 Å². The summed E-state index contributed by atoms with van der Waals surface area (Å²) in [5.41, 5.74) is 4.28. The summed E-state index contributed by atoms with van der Waals surface area (Å²) in [6.45, 7) is 6.27. The average molecular weight is 435 g/mol. The second-order valence-corrected chi connectivity index (χ2v) is 8.34. The van der Waals surface area contributed by atoms with Crippen LogP contribution in [0.4, 0.5) is 5.69 Å². The van der Waals surface area contributed by atoms with Crippen LogP contribution in [0.25, 0.3) is 0 Å². The third-order valence-electron chi connectivity index (χ3n) is 5.51. The molecule has 160 valence electrons. The molecular weight excluding hydrogens is 408 g/mol. The summed E-state index contributed by atoms with van der Waals surface area (Å²) in [6, 6.07) is 22.3. The number of amides is 1. The smallest absolute Gasteiger partial charge is 0.228 e. The summed E-state index contributed by atoms with van der Waals surface area (Å²) < 4.78 is 0. The maximum atomic E-state index is 12.2. The molecule has 4 rings (SSSR count). The Morgan fingerprint density at radius 1 is 0.806 bits per heavy atom. The number of carbonyl (C=O) groups is 1. The number of piperazine rings is 1. The molecule has 0 bridgehead atoms. The highest BCUT2D eigenvalue weighted by molar-refractivity contribution is 6.29. The van der Waals surface area contributed by atoms with E-state index in [1.54, 1.807) is 12.3 Å². The van der Waals surface area contributed by atoms with E-state index < -0.39 is 0 Å². The lowest BCUT2D eigenvalue weighted by atomic mass is 10.1. The van der Waals surface area contributed by atoms with E-state index in [2.05, 4.69) is 62.6 Å². The van der Waals surface area contributed by atoms with E-state index in [9.17, 15) is 4.79 Å². The van der Waals surface area contributed by atoms with Gasteiger partial charge in [-0.25, -0.2) is 4.98 Å². The third kappa shape index (κ3) is 6.62. The molecule has 1 saturated heterocycles. The standard InChI is InChI=1S/C25H27ClN4O/c26-24-11-8-22(17-27-24)16-25(31)28-23-9-6-21(7-10-23)19-30-14-12-29(13-15-30)18-20-4-2-1-3-5-20/h1-11,17H,12-16,18-19H2,(H,28,31). The van der Waals surface area contributed by atoms with E-state index in [0.717, 1.165) is 50.5 Å². The van der Waals surface area contributed by atoms with Gasteiger partial charge in [-0.05, 0) is 34.9 Å². The van der Waals surface area contributed by atoms with Crippen LogP contribution < -0.4 is 5.32 Å². The molecule has 3 aromatic rings. The molecule has 31 heavy (non-hydrogen) atoms. The number of nitrogens with one attached hydrogen (secondary N) is 1. The van der Waals surface area contributed by atoms with Crippen LogP contribution in [0, 0.1) is 0 Å². The molecule has 1 aliphatic rings. The Morgan fingerprint density at radius 3 is 1.97 bits per heavy atom. The largest absolute Gasteiger partial charge is 0.326 e. The first-order valence-corrected chi connectivity index (χ1v) is 11.0. The fraction of sp³-hybridized carbons (Fsp3) is 0.280. The highest BCUT2D eigenvalue weighted by Gasteiger charge is 2.17. The van der Waals surface area contributed by atoms with Crippen LogP contribution in [0.3, 0.4) is 0 Å². The van der Waals surface area contributed by atoms with Crippen molar-refractivity contribution in [3.8, 4) is 0 Å². The number of pyridine rings is 1. The number of halogens is 1. The topological polar surface area (TPSA) is 48.5 Å². The minimum absolute atomic E-state index is 0.0635. The first-order chi connectivity index (χ1) is 15.1. The molecule has 5 nitrogen and oxygen atoms in total. The normalized spacial score (nSPS) is 15.0. The number of anilines is 1. The number of hydrogen-bond acceptors (Lipinski definition) is 4. The lowest BCUT2D eigenvalue weighted by molar-refractivity contribution is -0.115. The van der Waals surface area contributed by atoms with Gasteiger partial charge in [-0.1, -0.05) is 60.1 Å². The number of rotatable bonds is 7. The SMILES string of the molecule is O=C(Cc1ccc(Cl)nc1)Nc1ccc(CN2CCN(Cc3ccccc3)CC2)cc1. The van der Waals surface area contributed by atoms with E-state index in [-0.39, 0.29) is 12.3 Å². The van der Waals surface area contributed by atoms with Crippen molar-refractivity contribution in [2.24, 2.45) is 0 Å². The summed E-state index contributed by atoms with van der Waals surface area (Å²) in [6.07, 6.45) is 1.91. The van der Waals surface area contributed by atoms with Crippen molar-refractivity contribution in [2.45, 2.75) is 19.5 Å². The van der Waals surface area contributed by atoms with Crippen LogP contribution in [0.1, 0.15) is 16.7 Å². The molecular formula is C25H27ClN4O. The van der Waals surface area contributed by atoms with Crippen LogP contribution in [-0.2, 0) is 24.3 Å². The van der Waals surface area contributed by atoms with E-state index in [4.69, 9.17) is 11.6 Å². The fourth-order valence-electron chi connectivity index (χ4n) is 3.80. The summed E-state index contributed by atoms with van der Waals surface area (Å²) in [4.78, 5) is 21.3. The molecule has 0 saturated carbocycles. The minimum Gasteiger partial charge on any atom is -0.326 e. The van der Waals surface area contributed by atoms with Gasteiger partial charge in [-0.15, -0.1) is 0 Å². The van der Waals surface area contributed by atoms with Crippen LogP contribution in [0.5, 0.6) is 0 Å². The third-order valence-corrected chi connectivity index (χ3v) is 5.73. The first kappa shape index (κ1) is 21.5. The predicted octanol–water partition coefficient (Wildman–Crippen LogP) is 4.23. The van der Waals surface area contributed by atoms with Crippen LogP contribution in [0.15, 0.2) is 72.9 Å². The summed E-state index contributed by atoms with van der Waals surface area (Å²) in [5.74, 6) is -0.0635. The maximum Gasteiger partial charge on any atom is 0.228 e. The van der Waals surface area contributed by atoms with Crippen LogP contribution in [-0.4, -0.2) is 46.9 Å². The molecule has 1 N–H and O–H groups in total. The molecule has 6 heteroatoms. The zero-order chi connectivity index (χ0) is 21.5. The first-order valence-electron chi connectivity index (χ1n) is 10.6. The number of hydrogen-bond donors (Lipinski definition) is 1. The lowest BCUT2D eigenvalue weighted by Crippen LogP contribution is -2.45. The Bertz CT molecular complexity index is 969. The van der Waals surface area contributed by atoms with Gasteiger partial charge in [0, 0.05) is 51.2 Å². The highest BCUT2D eigenvalue weighted by Crippen LogP contribution is 2.15. The van der Waals surface area contributed by atoms with Gasteiger partial charge in [0.15, 0.2) is 0 Å². The van der Waals surface area contributed by atoms with Crippen molar-refractivity contribution in [1.29, 1.82) is 0 Å². The van der Waals surface area contributed by atoms with Gasteiger partial charge in [0.2, 0.25) is 5.91 Å². The Kier molecular flexibility index (Phi) is 7.30. The van der Waals surface area contributed by atoms with Gasteiger partial charge in [0.05, 0.1) is 6.42 Å². The summed E-state index contributed by atoms with van der Waals surface area (Å²) in [7, 11) is 0. The van der Waals surface area contributed by atoms with E-state index in [1.807, 2.05) is 18.2 Å². The molecule has 0 radical (unpaired) electrons. The fourth-order valence-corrected chi connectivity index (χ4v) is 3.91. The zero-order valence-corrected chi connectivity index (χ0v) is 18.3. The molecule has 1 amide bonds. The van der Waals surface area contributed by atoms with Gasteiger partial charge in [-0.3, -0.25) is 14.6 Å². The van der Waals surface area contributed by atoms with Gasteiger partial charge >= 0.3 is 0 Å². The summed E-state index contributed by atoms with van der Waals surface area (Å²) in [5, 5.41) is 3.37.